The van der Waals surface area contributed by atoms with Gasteiger partial charge in [-0.25, -0.2) is 13.9 Å². The van der Waals surface area contributed by atoms with Crippen molar-refractivity contribution >= 4 is 17.4 Å². The number of imidazole rings is 1. The van der Waals surface area contributed by atoms with Crippen molar-refractivity contribution in [1.82, 2.24) is 24.4 Å². The number of anilines is 1. The first-order valence-corrected chi connectivity index (χ1v) is 10.2. The number of likely N-dealkylation sites (N-methyl/N-ethyl adjacent to an activating group) is 2. The zero-order valence-electron chi connectivity index (χ0n) is 17.6. The van der Waals surface area contributed by atoms with Crippen molar-refractivity contribution in [2.75, 3.05) is 46.1 Å². The van der Waals surface area contributed by atoms with Crippen LogP contribution in [0.4, 0.5) is 10.2 Å². The van der Waals surface area contributed by atoms with E-state index in [2.05, 4.69) is 15.4 Å². The average Bonchev–Trinajstić information content (AvgIpc) is 3.47. The maximum atomic E-state index is 14.8. The second kappa shape index (κ2) is 8.39. The van der Waals surface area contributed by atoms with Gasteiger partial charge in [0, 0.05) is 32.2 Å². The largest absolute Gasteiger partial charge is 0.368 e. The number of hydrogen-bond acceptors (Lipinski definition) is 5. The Balaban J connectivity index is 1.56. The molecule has 1 amide bonds. The second-order valence-corrected chi connectivity index (χ2v) is 8.18. The van der Waals surface area contributed by atoms with E-state index in [0.29, 0.717) is 30.0 Å². The molecular formula is C22H27FN6O. The minimum absolute atomic E-state index is 0.0635. The van der Waals surface area contributed by atoms with Gasteiger partial charge in [0.25, 0.3) is 5.91 Å². The molecule has 1 aromatic carbocycles. The average molecular weight is 410 g/mol. The molecule has 2 aromatic heterocycles. The maximum Gasteiger partial charge on any atom is 0.256 e. The molecule has 0 bridgehead atoms. The summed E-state index contributed by atoms with van der Waals surface area (Å²) in [5.41, 5.74) is 2.05. The standard InChI is InChI=1S/C22H27FN6O/c1-27(2)10-11-28(3)22(30)17-7-6-16(12-18(17)23)19-14-25-21-9-8-20(26-29(19)21)24-13-15-4-5-15/h6-9,12,14-15H,4-5,10-11,13H2,1-3H3,(H,24,26). The number of amides is 1. The van der Waals surface area contributed by atoms with Gasteiger partial charge in [-0.2, -0.15) is 0 Å². The Kier molecular flexibility index (Phi) is 5.67. The molecule has 3 aromatic rings. The number of benzene rings is 1. The number of carbonyl (C=O) groups is 1. The van der Waals surface area contributed by atoms with E-state index in [9.17, 15) is 9.18 Å². The van der Waals surface area contributed by atoms with E-state index in [0.717, 1.165) is 18.3 Å². The zero-order chi connectivity index (χ0) is 21.3. The highest BCUT2D eigenvalue weighted by Gasteiger charge is 2.21. The zero-order valence-corrected chi connectivity index (χ0v) is 17.6. The molecule has 1 fully saturated rings. The van der Waals surface area contributed by atoms with Gasteiger partial charge >= 0.3 is 0 Å². The summed E-state index contributed by atoms with van der Waals surface area (Å²) in [6.45, 7) is 2.16. The van der Waals surface area contributed by atoms with Gasteiger partial charge < -0.3 is 15.1 Å². The second-order valence-electron chi connectivity index (χ2n) is 8.18. The first kappa shape index (κ1) is 20.3. The van der Waals surface area contributed by atoms with Gasteiger partial charge in [0.2, 0.25) is 0 Å². The van der Waals surface area contributed by atoms with Gasteiger partial charge in [0.1, 0.15) is 11.6 Å². The highest BCUT2D eigenvalue weighted by atomic mass is 19.1. The summed E-state index contributed by atoms with van der Waals surface area (Å²) < 4.78 is 16.5. The van der Waals surface area contributed by atoms with Crippen molar-refractivity contribution in [3.05, 3.63) is 47.9 Å². The van der Waals surface area contributed by atoms with Gasteiger partial charge in [-0.05, 0) is 57.1 Å². The van der Waals surface area contributed by atoms with E-state index in [-0.39, 0.29) is 11.5 Å². The van der Waals surface area contributed by atoms with Crippen molar-refractivity contribution in [3.8, 4) is 11.3 Å². The molecule has 7 nitrogen and oxygen atoms in total. The Bertz CT molecular complexity index is 1060. The predicted octanol–water partition coefficient (Wildman–Crippen LogP) is 2.99. The first-order chi connectivity index (χ1) is 14.4. The Morgan fingerprint density at radius 2 is 2.00 bits per heavy atom. The molecule has 1 N–H and O–H groups in total. The molecule has 1 saturated carbocycles. The van der Waals surface area contributed by atoms with Crippen LogP contribution in [0.5, 0.6) is 0 Å². The number of carbonyl (C=O) groups excluding carboxylic acids is 1. The summed E-state index contributed by atoms with van der Waals surface area (Å²) in [5.74, 6) is 0.624. The molecule has 0 spiro atoms. The lowest BCUT2D eigenvalue weighted by Crippen LogP contribution is -2.33. The summed E-state index contributed by atoms with van der Waals surface area (Å²) in [6, 6.07) is 8.45. The number of fused-ring (bicyclic) bond motifs is 1. The smallest absolute Gasteiger partial charge is 0.256 e. The Labute approximate surface area is 175 Å². The molecule has 4 rings (SSSR count). The van der Waals surface area contributed by atoms with Crippen LogP contribution in [0, 0.1) is 11.7 Å². The van der Waals surface area contributed by atoms with Gasteiger partial charge in [-0.3, -0.25) is 4.79 Å². The number of nitrogens with zero attached hydrogens (tertiary/aromatic N) is 5. The topological polar surface area (TPSA) is 65.8 Å². The summed E-state index contributed by atoms with van der Waals surface area (Å²) >= 11 is 0. The van der Waals surface area contributed by atoms with E-state index < -0.39 is 5.82 Å². The van der Waals surface area contributed by atoms with Crippen LogP contribution in [0.15, 0.2) is 36.5 Å². The van der Waals surface area contributed by atoms with Crippen LogP contribution in [0.3, 0.4) is 0 Å². The van der Waals surface area contributed by atoms with E-state index in [1.165, 1.54) is 29.9 Å². The molecule has 2 heterocycles. The molecule has 30 heavy (non-hydrogen) atoms. The lowest BCUT2D eigenvalue weighted by atomic mass is 10.1. The molecule has 1 aliphatic rings. The van der Waals surface area contributed by atoms with Gasteiger partial charge in [0.15, 0.2) is 5.65 Å². The third kappa shape index (κ3) is 4.43. The van der Waals surface area contributed by atoms with Crippen LogP contribution in [-0.2, 0) is 0 Å². The van der Waals surface area contributed by atoms with Crippen molar-refractivity contribution in [3.63, 3.8) is 0 Å². The quantitative estimate of drug-likeness (QED) is 0.619. The third-order valence-corrected chi connectivity index (χ3v) is 5.36. The Morgan fingerprint density at radius 3 is 2.70 bits per heavy atom. The lowest BCUT2D eigenvalue weighted by molar-refractivity contribution is 0.0781. The number of halogens is 1. The number of aromatic nitrogens is 3. The van der Waals surface area contributed by atoms with Crippen LogP contribution in [0.25, 0.3) is 16.9 Å². The molecular weight excluding hydrogens is 383 g/mol. The molecule has 0 aliphatic heterocycles. The van der Waals surface area contributed by atoms with Gasteiger partial charge in [-0.1, -0.05) is 6.07 Å². The van der Waals surface area contributed by atoms with E-state index in [1.807, 2.05) is 31.1 Å². The van der Waals surface area contributed by atoms with Crippen LogP contribution in [-0.4, -0.2) is 71.1 Å². The molecule has 8 heteroatoms. The minimum atomic E-state index is -0.549. The van der Waals surface area contributed by atoms with Crippen molar-refractivity contribution in [1.29, 1.82) is 0 Å². The summed E-state index contributed by atoms with van der Waals surface area (Å²) in [7, 11) is 5.55. The third-order valence-electron chi connectivity index (χ3n) is 5.36. The number of rotatable bonds is 8. The molecule has 1 aliphatic carbocycles. The highest BCUT2D eigenvalue weighted by molar-refractivity contribution is 5.94. The van der Waals surface area contributed by atoms with Crippen molar-refractivity contribution < 1.29 is 9.18 Å². The van der Waals surface area contributed by atoms with Crippen LogP contribution in [0.2, 0.25) is 0 Å². The fourth-order valence-corrected chi connectivity index (χ4v) is 3.24. The van der Waals surface area contributed by atoms with E-state index in [1.54, 1.807) is 23.8 Å². The monoisotopic (exact) mass is 410 g/mol. The fraction of sp³-hybridized carbons (Fsp3) is 0.409. The molecule has 0 unspecified atom stereocenters. The normalized spacial score (nSPS) is 13.8. The maximum absolute atomic E-state index is 14.8. The van der Waals surface area contributed by atoms with Crippen molar-refractivity contribution in [2.24, 2.45) is 5.92 Å². The van der Waals surface area contributed by atoms with E-state index in [4.69, 9.17) is 0 Å². The summed E-state index contributed by atoms with van der Waals surface area (Å²) in [6.07, 6.45) is 4.20. The minimum Gasteiger partial charge on any atom is -0.368 e. The fourth-order valence-electron chi connectivity index (χ4n) is 3.24. The van der Waals surface area contributed by atoms with Crippen molar-refractivity contribution in [2.45, 2.75) is 12.8 Å². The Morgan fingerprint density at radius 1 is 1.20 bits per heavy atom. The van der Waals surface area contributed by atoms with Crippen LogP contribution in [0.1, 0.15) is 23.2 Å². The number of hydrogen-bond donors (Lipinski definition) is 1. The van der Waals surface area contributed by atoms with Gasteiger partial charge in [-0.15, -0.1) is 5.10 Å². The molecule has 0 radical (unpaired) electrons. The molecule has 0 saturated heterocycles. The SMILES string of the molecule is CN(C)CCN(C)C(=O)c1ccc(-c2cnc3ccc(NCC4CC4)nn23)cc1F. The van der Waals surface area contributed by atoms with Crippen LogP contribution >= 0.6 is 0 Å². The molecule has 0 atom stereocenters. The predicted molar refractivity (Wildman–Crippen MR) is 115 cm³/mol. The number of nitrogens with one attached hydrogen (secondary N) is 1. The van der Waals surface area contributed by atoms with Crippen LogP contribution < -0.4 is 5.32 Å². The highest BCUT2D eigenvalue weighted by Crippen LogP contribution is 2.29. The summed E-state index contributed by atoms with van der Waals surface area (Å²) in [4.78, 5) is 20.5. The van der Waals surface area contributed by atoms with Gasteiger partial charge in [0.05, 0.1) is 17.5 Å². The molecule has 158 valence electrons. The first-order valence-electron chi connectivity index (χ1n) is 10.2. The van der Waals surface area contributed by atoms with E-state index >= 15 is 0 Å². The lowest BCUT2D eigenvalue weighted by Gasteiger charge is -2.20. The summed E-state index contributed by atoms with van der Waals surface area (Å²) in [5, 5.41) is 7.96. The Hall–Kier alpha value is -3.00.